The molecule has 1 aliphatic heterocycles. The summed E-state index contributed by atoms with van der Waals surface area (Å²) in [5, 5.41) is 6.60. The topological polar surface area (TPSA) is 46.7 Å². The molecule has 0 amide bonds. The van der Waals surface area contributed by atoms with Crippen molar-refractivity contribution < 1.29 is 33.4 Å². The minimum Gasteiger partial charge on any atom is -1.00 e. The molecule has 0 spiro atoms. The Morgan fingerprint density at radius 2 is 1.68 bits per heavy atom. The molecule has 5 aliphatic carbocycles. The van der Waals surface area contributed by atoms with Crippen LogP contribution in [0, 0.1) is 50.7 Å². The zero-order valence-corrected chi connectivity index (χ0v) is 32.5. The molecule has 5 nitrogen and oxygen atoms in total. The van der Waals surface area contributed by atoms with Gasteiger partial charge in [0, 0.05) is 35.4 Å². The number of aromatic nitrogens is 4. The fraction of sp³-hybridized carbons (Fsp3) is 0.756. The van der Waals surface area contributed by atoms with Gasteiger partial charge in [-0.15, -0.1) is 9.36 Å². The SMILES string of the molecule is Cn1n[n+](CCc2c[nH]c3ccccc23)c2c1C[C@]1(C)[C@H]3CC[C@@H]4[C@H]5[C@H]6OC[C@@]5(CCC6(C)C)CC[C@@]4(C)[C@]3(C)CC[C@H]1C2(C)C.[I-]. The predicted molar refractivity (Wildman–Crippen MR) is 183 cm³/mol. The summed E-state index contributed by atoms with van der Waals surface area (Å²) in [5.74, 6) is 3.01. The summed E-state index contributed by atoms with van der Waals surface area (Å²) in [4.78, 5) is 3.49. The minimum absolute atomic E-state index is 0. The van der Waals surface area contributed by atoms with E-state index in [4.69, 9.17) is 9.95 Å². The first-order chi connectivity index (χ1) is 21.8. The normalized spacial score (nSPS) is 42.4. The first kappa shape index (κ1) is 32.8. The number of nitrogens with one attached hydrogen (secondary N) is 1. The summed E-state index contributed by atoms with van der Waals surface area (Å²) in [6.45, 7) is 20.5. The second kappa shape index (κ2) is 10.3. The lowest BCUT2D eigenvalue weighted by molar-refractivity contribution is -0.764. The van der Waals surface area contributed by atoms with Crippen molar-refractivity contribution in [2.45, 2.75) is 131 Å². The van der Waals surface area contributed by atoms with Crippen molar-refractivity contribution in [2.75, 3.05) is 6.61 Å². The van der Waals surface area contributed by atoms with Crippen LogP contribution in [0.1, 0.15) is 117 Å². The summed E-state index contributed by atoms with van der Waals surface area (Å²) in [7, 11) is 2.22. The molecule has 6 aliphatic rings. The fourth-order valence-electron chi connectivity index (χ4n) is 14.5. The molecule has 5 fully saturated rings. The maximum absolute atomic E-state index is 6.83. The quantitative estimate of drug-likeness (QED) is 0.291. The number of aromatic amines is 1. The van der Waals surface area contributed by atoms with Crippen LogP contribution in [0.2, 0.25) is 0 Å². The van der Waals surface area contributed by atoms with Crippen LogP contribution in [-0.4, -0.2) is 27.6 Å². The van der Waals surface area contributed by atoms with E-state index in [1.807, 2.05) is 0 Å². The van der Waals surface area contributed by atoms with Crippen LogP contribution in [0.4, 0.5) is 0 Å². The van der Waals surface area contributed by atoms with Crippen LogP contribution in [0.15, 0.2) is 30.5 Å². The molecule has 6 heteroatoms. The van der Waals surface area contributed by atoms with Gasteiger partial charge in [0.15, 0.2) is 11.4 Å². The van der Waals surface area contributed by atoms with Gasteiger partial charge in [0.25, 0.3) is 0 Å². The maximum atomic E-state index is 6.83. The zero-order valence-electron chi connectivity index (χ0n) is 30.4. The Labute approximate surface area is 300 Å². The number of hydrogen-bond acceptors (Lipinski definition) is 2. The summed E-state index contributed by atoms with van der Waals surface area (Å²) < 4.78 is 11.5. The van der Waals surface area contributed by atoms with Crippen molar-refractivity contribution in [3.63, 3.8) is 0 Å². The number of nitrogens with zero attached hydrogens (tertiary/aromatic N) is 3. The highest BCUT2D eigenvalue weighted by atomic mass is 127. The second-order valence-corrected chi connectivity index (χ2v) is 19.3. The second-order valence-electron chi connectivity index (χ2n) is 19.3. The highest BCUT2D eigenvalue weighted by Crippen LogP contribution is 2.77. The van der Waals surface area contributed by atoms with Crippen LogP contribution < -0.4 is 28.7 Å². The molecule has 0 unspecified atom stereocenters. The van der Waals surface area contributed by atoms with E-state index in [1.165, 1.54) is 85.6 Å². The van der Waals surface area contributed by atoms with Crippen LogP contribution in [0.5, 0.6) is 0 Å². The van der Waals surface area contributed by atoms with Gasteiger partial charge in [-0.1, -0.05) is 66.7 Å². The van der Waals surface area contributed by atoms with Crippen molar-refractivity contribution in [1.82, 2.24) is 14.9 Å². The van der Waals surface area contributed by atoms with Crippen LogP contribution in [0.3, 0.4) is 0 Å². The number of para-hydroxylation sites is 1. The van der Waals surface area contributed by atoms with Gasteiger partial charge < -0.3 is 33.7 Å². The van der Waals surface area contributed by atoms with Gasteiger partial charge >= 0.3 is 0 Å². The number of H-pyrrole nitrogens is 1. The molecule has 1 N–H and O–H groups in total. The van der Waals surface area contributed by atoms with Gasteiger partial charge in [-0.3, -0.25) is 0 Å². The van der Waals surface area contributed by atoms with E-state index < -0.39 is 0 Å². The lowest BCUT2D eigenvalue weighted by Gasteiger charge is -2.72. The molecule has 2 bridgehead atoms. The first-order valence-corrected chi connectivity index (χ1v) is 18.9. The molecule has 1 saturated heterocycles. The maximum Gasteiger partial charge on any atom is 0.176 e. The molecule has 0 radical (unpaired) electrons. The number of rotatable bonds is 3. The fourth-order valence-corrected chi connectivity index (χ4v) is 14.5. The minimum atomic E-state index is 0. The third-order valence-electron chi connectivity index (χ3n) is 16.9. The number of benzene rings is 1. The molecular weight excluding hydrogens is 691 g/mol. The summed E-state index contributed by atoms with van der Waals surface area (Å²) in [6, 6.07) is 8.71. The summed E-state index contributed by atoms with van der Waals surface area (Å²) in [5.41, 5.74) is 7.58. The van der Waals surface area contributed by atoms with E-state index in [9.17, 15) is 0 Å². The molecule has 47 heavy (non-hydrogen) atoms. The third-order valence-corrected chi connectivity index (χ3v) is 16.9. The van der Waals surface area contributed by atoms with Crippen molar-refractivity contribution in [2.24, 2.45) is 57.8 Å². The molecule has 3 aromatic rings. The van der Waals surface area contributed by atoms with Gasteiger partial charge in [0.1, 0.15) is 13.6 Å². The lowest BCUT2D eigenvalue weighted by Crippen LogP contribution is -3.00. The molecule has 9 atom stereocenters. The van der Waals surface area contributed by atoms with E-state index in [2.05, 4.69) is 100 Å². The van der Waals surface area contributed by atoms with Crippen molar-refractivity contribution in [1.29, 1.82) is 0 Å². The number of hydrogen-bond donors (Lipinski definition) is 1. The zero-order chi connectivity index (χ0) is 32.1. The van der Waals surface area contributed by atoms with Crippen molar-refractivity contribution >= 4 is 10.9 Å². The van der Waals surface area contributed by atoms with E-state index in [-0.39, 0.29) is 34.8 Å². The monoisotopic (exact) mass is 750 g/mol. The van der Waals surface area contributed by atoms with Gasteiger partial charge in [-0.2, -0.15) is 0 Å². The van der Waals surface area contributed by atoms with Crippen molar-refractivity contribution in [3.8, 4) is 0 Å². The Morgan fingerprint density at radius 3 is 2.49 bits per heavy atom. The molecule has 3 heterocycles. The average molecular weight is 751 g/mol. The largest absolute Gasteiger partial charge is 1.00 e. The molecule has 2 aromatic heterocycles. The molecule has 1 aromatic carbocycles. The average Bonchev–Trinajstić information content (AvgIpc) is 3.67. The summed E-state index contributed by atoms with van der Waals surface area (Å²) >= 11 is 0. The van der Waals surface area contributed by atoms with Gasteiger partial charge in [-0.25, -0.2) is 0 Å². The standard InChI is InChI=1S/C41H59N4O.HI/c1-36(2)18-20-41-21-19-39(6)28(33(41)35(36)46-25-41)13-14-32-38(5)23-30-34(37(3,4)31(38)15-17-40(32,39)7)45(43-44(30)8)22-16-26-24-42-29-12-10-9-11-27(26)29;/h9-12,24,28,31-33,35,42H,13-23,25H2,1-8H3;1H/q+1;/p-1/t28-,31+,32-,33+,35-,38+,39-,40-,41-;/m1./s1. The van der Waals surface area contributed by atoms with Gasteiger partial charge in [0.05, 0.1) is 17.9 Å². The summed E-state index contributed by atoms with van der Waals surface area (Å²) in [6.07, 6.45) is 15.9. The smallest absolute Gasteiger partial charge is 0.176 e. The van der Waals surface area contributed by atoms with Crippen molar-refractivity contribution in [3.05, 3.63) is 47.4 Å². The highest BCUT2D eigenvalue weighted by Gasteiger charge is 2.73. The van der Waals surface area contributed by atoms with Crippen LogP contribution in [0.25, 0.3) is 10.9 Å². The lowest BCUT2D eigenvalue weighted by atomic mass is 9.31. The van der Waals surface area contributed by atoms with E-state index in [0.29, 0.717) is 33.7 Å². The van der Waals surface area contributed by atoms with Gasteiger partial charge in [-0.05, 0) is 114 Å². The number of fused-ring (bicyclic) bond motifs is 7. The van der Waals surface area contributed by atoms with E-state index in [0.717, 1.165) is 37.3 Å². The molecule has 4 saturated carbocycles. The Kier molecular flexibility index (Phi) is 7.20. The molecule has 256 valence electrons. The molecular formula is C41H59IN4O. The first-order valence-electron chi connectivity index (χ1n) is 18.9. The number of ether oxygens (including phenoxy) is 1. The number of aryl methyl sites for hydroxylation is 3. The Bertz CT molecular complexity index is 1720. The predicted octanol–water partition coefficient (Wildman–Crippen LogP) is 5.34. The molecule has 9 rings (SSSR count). The Balaban J connectivity index is 0.00000324. The van der Waals surface area contributed by atoms with E-state index in [1.54, 1.807) is 0 Å². The van der Waals surface area contributed by atoms with Gasteiger partial charge in [0.2, 0.25) is 0 Å². The highest BCUT2D eigenvalue weighted by molar-refractivity contribution is 5.82. The van der Waals surface area contributed by atoms with Crippen LogP contribution in [-0.2, 0) is 36.6 Å². The van der Waals surface area contributed by atoms with Crippen LogP contribution >= 0.6 is 0 Å². The Hall–Kier alpha value is -1.41. The Morgan fingerprint density at radius 1 is 0.915 bits per heavy atom. The van der Waals surface area contributed by atoms with E-state index >= 15 is 0 Å². The number of halogens is 1. The third kappa shape index (κ3) is 4.09.